The molecule has 0 fully saturated rings. The van der Waals surface area contributed by atoms with Crippen LogP contribution < -0.4 is 4.90 Å². The van der Waals surface area contributed by atoms with Gasteiger partial charge in [0.25, 0.3) is 0 Å². The first-order valence-corrected chi connectivity index (χ1v) is 7.33. The Labute approximate surface area is 124 Å². The Morgan fingerprint density at radius 1 is 1.16 bits per heavy atom. The molecule has 0 N–H and O–H groups in total. The summed E-state index contributed by atoms with van der Waals surface area (Å²) < 4.78 is 4.92. The summed E-state index contributed by atoms with van der Waals surface area (Å²) in [4.78, 5) is 12.8. The second-order valence-corrected chi connectivity index (χ2v) is 4.88. The van der Waals surface area contributed by atoms with Crippen LogP contribution >= 0.6 is 23.2 Å². The molecule has 0 bridgehead atoms. The van der Waals surface area contributed by atoms with Crippen molar-refractivity contribution in [3.63, 3.8) is 0 Å². The van der Waals surface area contributed by atoms with Crippen molar-refractivity contribution in [3.05, 3.63) is 29.8 Å². The van der Waals surface area contributed by atoms with Crippen molar-refractivity contribution < 1.29 is 9.53 Å². The van der Waals surface area contributed by atoms with Crippen LogP contribution in [0.15, 0.2) is 24.3 Å². The zero-order chi connectivity index (χ0) is 14.1. The lowest BCUT2D eigenvalue weighted by molar-refractivity contribution is -0.140. The van der Waals surface area contributed by atoms with Gasteiger partial charge in [0.15, 0.2) is 0 Å². The minimum Gasteiger partial charge on any atom is -0.466 e. The Bertz CT molecular complexity index is 376. The molecule has 19 heavy (non-hydrogen) atoms. The van der Waals surface area contributed by atoms with Gasteiger partial charge in [-0.1, -0.05) is 12.1 Å². The molecule has 0 spiro atoms. The minimum atomic E-state index is -0.243. The average molecular weight is 304 g/mol. The number of nitrogens with zero attached hydrogens (tertiary/aromatic N) is 1. The molecular weight excluding hydrogens is 285 g/mol. The van der Waals surface area contributed by atoms with Crippen LogP contribution in [0.4, 0.5) is 5.69 Å². The molecule has 1 aromatic carbocycles. The maximum absolute atomic E-state index is 10.7. The van der Waals surface area contributed by atoms with Crippen LogP contribution in [-0.2, 0) is 16.0 Å². The van der Waals surface area contributed by atoms with Crippen molar-refractivity contribution in [2.75, 3.05) is 36.4 Å². The van der Waals surface area contributed by atoms with E-state index in [0.717, 1.165) is 30.8 Å². The summed E-state index contributed by atoms with van der Waals surface area (Å²) in [5.74, 6) is 0.905. The lowest BCUT2D eigenvalue weighted by Gasteiger charge is -2.23. The van der Waals surface area contributed by atoms with E-state index in [1.54, 1.807) is 0 Å². The molecular formula is C14H19Cl2NO2. The number of ether oxygens (including phenoxy) is 1. The zero-order valence-electron chi connectivity index (χ0n) is 11.1. The highest BCUT2D eigenvalue weighted by Gasteiger charge is 2.05. The van der Waals surface area contributed by atoms with E-state index in [9.17, 15) is 4.79 Å². The van der Waals surface area contributed by atoms with Crippen molar-refractivity contribution in [2.45, 2.75) is 13.3 Å². The number of rotatable bonds is 8. The molecule has 0 saturated carbocycles. The molecule has 0 unspecified atom stereocenters. The molecule has 106 valence electrons. The first-order valence-electron chi connectivity index (χ1n) is 6.26. The number of anilines is 1. The molecule has 0 amide bonds. The van der Waals surface area contributed by atoms with Crippen molar-refractivity contribution in [3.8, 4) is 0 Å². The largest absolute Gasteiger partial charge is 0.466 e. The predicted molar refractivity (Wildman–Crippen MR) is 80.4 cm³/mol. The predicted octanol–water partition coefficient (Wildman–Crippen LogP) is 3.08. The molecule has 0 radical (unpaired) electrons. The molecule has 0 saturated heterocycles. The van der Waals surface area contributed by atoms with E-state index in [1.165, 1.54) is 6.92 Å². The number of alkyl halides is 2. The minimum absolute atomic E-state index is 0.243. The van der Waals surface area contributed by atoms with Crippen LogP contribution in [0.2, 0.25) is 0 Å². The van der Waals surface area contributed by atoms with Crippen LogP contribution in [0.3, 0.4) is 0 Å². The first kappa shape index (κ1) is 16.1. The summed E-state index contributed by atoms with van der Waals surface area (Å²) in [6.45, 7) is 3.39. The molecule has 0 aliphatic rings. The van der Waals surface area contributed by atoms with Gasteiger partial charge in [0, 0.05) is 43.9 Å². The highest BCUT2D eigenvalue weighted by molar-refractivity contribution is 6.18. The Morgan fingerprint density at radius 3 is 2.21 bits per heavy atom. The fourth-order valence-electron chi connectivity index (χ4n) is 1.76. The number of benzene rings is 1. The van der Waals surface area contributed by atoms with E-state index in [-0.39, 0.29) is 5.97 Å². The first-order chi connectivity index (χ1) is 9.17. The fourth-order valence-corrected chi connectivity index (χ4v) is 2.17. The van der Waals surface area contributed by atoms with Crippen molar-refractivity contribution in [1.82, 2.24) is 0 Å². The van der Waals surface area contributed by atoms with Gasteiger partial charge in [-0.2, -0.15) is 0 Å². The van der Waals surface area contributed by atoms with Gasteiger partial charge in [-0.3, -0.25) is 4.79 Å². The maximum atomic E-state index is 10.7. The molecule has 1 aromatic rings. The third kappa shape index (κ3) is 6.17. The lowest BCUT2D eigenvalue weighted by Crippen LogP contribution is -2.27. The molecule has 5 heteroatoms. The monoisotopic (exact) mass is 303 g/mol. The van der Waals surface area contributed by atoms with Gasteiger partial charge in [0.05, 0.1) is 6.61 Å². The van der Waals surface area contributed by atoms with Crippen LogP contribution in [-0.4, -0.2) is 37.4 Å². The number of esters is 1. The summed E-state index contributed by atoms with van der Waals surface area (Å²) in [6.07, 6.45) is 0.727. The molecule has 3 nitrogen and oxygen atoms in total. The summed E-state index contributed by atoms with van der Waals surface area (Å²) in [5, 5.41) is 0. The third-order valence-electron chi connectivity index (χ3n) is 2.71. The Morgan fingerprint density at radius 2 is 1.74 bits per heavy atom. The van der Waals surface area contributed by atoms with E-state index < -0.39 is 0 Å². The van der Waals surface area contributed by atoms with E-state index in [0.29, 0.717) is 18.4 Å². The van der Waals surface area contributed by atoms with Gasteiger partial charge in [-0.15, -0.1) is 23.2 Å². The Kier molecular flexibility index (Phi) is 7.68. The van der Waals surface area contributed by atoms with E-state index in [2.05, 4.69) is 4.90 Å². The summed E-state index contributed by atoms with van der Waals surface area (Å²) >= 11 is 11.6. The van der Waals surface area contributed by atoms with Gasteiger partial charge in [0.1, 0.15) is 0 Å². The Balaban J connectivity index is 2.55. The van der Waals surface area contributed by atoms with E-state index in [4.69, 9.17) is 27.9 Å². The highest BCUT2D eigenvalue weighted by atomic mass is 35.5. The fraction of sp³-hybridized carbons (Fsp3) is 0.500. The normalized spacial score (nSPS) is 10.3. The smallest absolute Gasteiger partial charge is 0.302 e. The summed E-state index contributed by atoms with van der Waals surface area (Å²) in [7, 11) is 0. The zero-order valence-corrected chi connectivity index (χ0v) is 12.6. The highest BCUT2D eigenvalue weighted by Crippen LogP contribution is 2.16. The van der Waals surface area contributed by atoms with Gasteiger partial charge in [-0.25, -0.2) is 0 Å². The van der Waals surface area contributed by atoms with Gasteiger partial charge >= 0.3 is 5.97 Å². The number of carbonyl (C=O) groups excluding carboxylic acids is 1. The molecule has 0 aromatic heterocycles. The van der Waals surface area contributed by atoms with Crippen molar-refractivity contribution in [1.29, 1.82) is 0 Å². The molecule has 0 aliphatic carbocycles. The number of hydrogen-bond acceptors (Lipinski definition) is 3. The number of halogens is 2. The van der Waals surface area contributed by atoms with Gasteiger partial charge in [0.2, 0.25) is 0 Å². The number of carbonyl (C=O) groups is 1. The standard InChI is InChI=1S/C14H19Cl2NO2/c1-12(18)19-11-6-13-2-4-14(5-3-13)17(9-7-15)10-8-16/h2-5H,6-11H2,1H3. The van der Waals surface area contributed by atoms with E-state index in [1.807, 2.05) is 24.3 Å². The van der Waals surface area contributed by atoms with Crippen LogP contribution in [0.25, 0.3) is 0 Å². The van der Waals surface area contributed by atoms with Gasteiger partial charge < -0.3 is 9.64 Å². The summed E-state index contributed by atoms with van der Waals surface area (Å²) in [5.41, 5.74) is 2.25. The average Bonchev–Trinajstić information content (AvgIpc) is 2.39. The second-order valence-electron chi connectivity index (χ2n) is 4.12. The van der Waals surface area contributed by atoms with Crippen molar-refractivity contribution in [2.24, 2.45) is 0 Å². The quantitative estimate of drug-likeness (QED) is 0.546. The van der Waals surface area contributed by atoms with Crippen molar-refractivity contribution >= 4 is 34.9 Å². The lowest BCUT2D eigenvalue weighted by atomic mass is 10.1. The maximum Gasteiger partial charge on any atom is 0.302 e. The third-order valence-corrected chi connectivity index (χ3v) is 3.04. The second kappa shape index (κ2) is 9.05. The molecule has 0 atom stereocenters. The molecule has 0 aliphatic heterocycles. The SMILES string of the molecule is CC(=O)OCCc1ccc(N(CCCl)CCCl)cc1. The van der Waals surface area contributed by atoms with Crippen LogP contribution in [0, 0.1) is 0 Å². The van der Waals surface area contributed by atoms with E-state index >= 15 is 0 Å². The van der Waals surface area contributed by atoms with Crippen LogP contribution in [0.5, 0.6) is 0 Å². The van der Waals surface area contributed by atoms with Crippen LogP contribution in [0.1, 0.15) is 12.5 Å². The Hall–Kier alpha value is -0.930. The number of hydrogen-bond donors (Lipinski definition) is 0. The molecule has 1 rings (SSSR count). The topological polar surface area (TPSA) is 29.5 Å². The molecule has 0 heterocycles. The van der Waals surface area contributed by atoms with Gasteiger partial charge in [-0.05, 0) is 17.7 Å². The summed E-state index contributed by atoms with van der Waals surface area (Å²) in [6, 6.07) is 8.16.